The minimum Gasteiger partial charge on any atom is -0.480 e. The molecule has 110 valence electrons. The van der Waals surface area contributed by atoms with Crippen molar-refractivity contribution in [3.63, 3.8) is 0 Å². The summed E-state index contributed by atoms with van der Waals surface area (Å²) in [7, 11) is 0. The summed E-state index contributed by atoms with van der Waals surface area (Å²) in [5.74, 6) is -2.37. The average Bonchev–Trinajstić information content (AvgIpc) is 2.90. The number of ether oxygens (including phenoxy) is 1. The minimum atomic E-state index is -1.23. The van der Waals surface area contributed by atoms with Crippen LogP contribution < -0.4 is 4.74 Å². The molecular weight excluding hydrogens is 285 g/mol. The van der Waals surface area contributed by atoms with Gasteiger partial charge in [-0.3, -0.25) is 10.1 Å². The fraction of sp³-hybridized carbons (Fsp3) is 0.154. The van der Waals surface area contributed by atoms with Crippen molar-refractivity contribution in [3.8, 4) is 5.75 Å². The van der Waals surface area contributed by atoms with Gasteiger partial charge in [0, 0.05) is 6.07 Å². The molecule has 0 saturated carbocycles. The van der Waals surface area contributed by atoms with Gasteiger partial charge in [-0.05, 0) is 25.1 Å². The monoisotopic (exact) mass is 295 g/mol. The summed E-state index contributed by atoms with van der Waals surface area (Å²) in [6, 6.07) is 5.63. The number of nitro benzene ring substituents is 1. The van der Waals surface area contributed by atoms with E-state index >= 15 is 0 Å². The van der Waals surface area contributed by atoms with E-state index in [1.807, 2.05) is 0 Å². The second-order valence-electron chi connectivity index (χ2n) is 4.14. The number of halogens is 1. The second kappa shape index (κ2) is 5.61. The van der Waals surface area contributed by atoms with Gasteiger partial charge < -0.3 is 14.3 Å². The number of nitrogens with zero attached hydrogens (tertiary/aromatic N) is 1. The van der Waals surface area contributed by atoms with Crippen molar-refractivity contribution < 1.29 is 28.4 Å². The highest BCUT2D eigenvalue weighted by atomic mass is 19.1. The summed E-state index contributed by atoms with van der Waals surface area (Å²) >= 11 is 0. The molecule has 0 spiro atoms. The quantitative estimate of drug-likeness (QED) is 0.671. The molecular formula is C13H10FNO6. The van der Waals surface area contributed by atoms with Crippen molar-refractivity contribution in [1.82, 2.24) is 0 Å². The molecule has 0 aliphatic heterocycles. The van der Waals surface area contributed by atoms with Crippen LogP contribution in [-0.2, 0) is 0 Å². The molecule has 8 heteroatoms. The first-order valence-electron chi connectivity index (χ1n) is 5.82. The number of carboxylic acid groups (broad SMARTS) is 1. The maximum absolute atomic E-state index is 13.7. The van der Waals surface area contributed by atoms with E-state index in [1.165, 1.54) is 19.1 Å². The highest BCUT2D eigenvalue weighted by Crippen LogP contribution is 2.28. The predicted molar refractivity (Wildman–Crippen MR) is 67.8 cm³/mol. The minimum absolute atomic E-state index is 0.193. The molecule has 1 unspecified atom stereocenters. The number of aromatic carboxylic acids is 1. The summed E-state index contributed by atoms with van der Waals surface area (Å²) in [5, 5.41) is 19.2. The van der Waals surface area contributed by atoms with Gasteiger partial charge in [0.25, 0.3) is 5.69 Å². The average molecular weight is 295 g/mol. The van der Waals surface area contributed by atoms with Gasteiger partial charge in [0.15, 0.2) is 17.7 Å². The number of benzene rings is 1. The molecule has 1 aromatic heterocycles. The van der Waals surface area contributed by atoms with E-state index in [9.17, 15) is 19.3 Å². The Kier molecular flexibility index (Phi) is 3.88. The largest absolute Gasteiger partial charge is 0.480 e. The lowest BCUT2D eigenvalue weighted by atomic mass is 10.2. The number of rotatable bonds is 5. The molecule has 2 rings (SSSR count). The highest BCUT2D eigenvalue weighted by Gasteiger charge is 2.18. The highest BCUT2D eigenvalue weighted by molar-refractivity contribution is 5.84. The van der Waals surface area contributed by atoms with E-state index in [-0.39, 0.29) is 17.3 Å². The summed E-state index contributed by atoms with van der Waals surface area (Å²) in [4.78, 5) is 20.5. The molecule has 1 atom stereocenters. The molecule has 0 radical (unpaired) electrons. The van der Waals surface area contributed by atoms with Gasteiger partial charge >= 0.3 is 5.97 Å². The van der Waals surface area contributed by atoms with Crippen LogP contribution >= 0.6 is 0 Å². The van der Waals surface area contributed by atoms with Crippen LogP contribution in [0.3, 0.4) is 0 Å². The molecule has 0 amide bonds. The van der Waals surface area contributed by atoms with Gasteiger partial charge in [-0.15, -0.1) is 0 Å². The van der Waals surface area contributed by atoms with Crippen LogP contribution in [0, 0.1) is 15.9 Å². The summed E-state index contributed by atoms with van der Waals surface area (Å²) in [5.41, 5.74) is -0.390. The lowest BCUT2D eigenvalue weighted by molar-refractivity contribution is -0.385. The van der Waals surface area contributed by atoms with Crippen molar-refractivity contribution in [3.05, 3.63) is 57.8 Å². The maximum atomic E-state index is 13.7. The van der Waals surface area contributed by atoms with Gasteiger partial charge in [0.05, 0.1) is 11.0 Å². The van der Waals surface area contributed by atoms with Crippen LogP contribution in [0.5, 0.6) is 5.75 Å². The van der Waals surface area contributed by atoms with Crippen molar-refractivity contribution >= 4 is 11.7 Å². The molecule has 0 saturated heterocycles. The van der Waals surface area contributed by atoms with Crippen LogP contribution in [0.1, 0.15) is 29.3 Å². The first kappa shape index (κ1) is 14.5. The SMILES string of the molecule is CC(Oc1ccc([N+](=O)[O-])cc1F)c1ccc(C(=O)O)o1. The van der Waals surface area contributed by atoms with Crippen molar-refractivity contribution in [2.75, 3.05) is 0 Å². The number of carbonyl (C=O) groups is 1. The molecule has 1 aromatic carbocycles. The standard InChI is InChI=1S/C13H10FNO6/c1-7(10-4-5-12(21-10)13(16)17)20-11-3-2-8(15(18)19)6-9(11)14/h2-7H,1H3,(H,16,17). The number of hydrogen-bond donors (Lipinski definition) is 1. The molecule has 0 bridgehead atoms. The Balaban J connectivity index is 2.17. The molecule has 0 fully saturated rings. The summed E-state index contributed by atoms with van der Waals surface area (Å²) < 4.78 is 24.0. The Hall–Kier alpha value is -2.90. The van der Waals surface area contributed by atoms with Crippen LogP contribution in [0.15, 0.2) is 34.7 Å². The van der Waals surface area contributed by atoms with Crippen LogP contribution in [0.25, 0.3) is 0 Å². The van der Waals surface area contributed by atoms with Gasteiger partial charge in [0.2, 0.25) is 5.76 Å². The number of furan rings is 1. The third kappa shape index (κ3) is 3.16. The number of carboxylic acids is 1. The van der Waals surface area contributed by atoms with Crippen molar-refractivity contribution in [2.24, 2.45) is 0 Å². The Morgan fingerprint density at radius 1 is 1.43 bits per heavy atom. The van der Waals surface area contributed by atoms with Crippen LogP contribution in [0.4, 0.5) is 10.1 Å². The van der Waals surface area contributed by atoms with Gasteiger partial charge in [-0.1, -0.05) is 0 Å². The molecule has 0 aliphatic carbocycles. The van der Waals surface area contributed by atoms with Gasteiger partial charge in [-0.2, -0.15) is 0 Å². The van der Waals surface area contributed by atoms with Crippen molar-refractivity contribution in [2.45, 2.75) is 13.0 Å². The zero-order valence-electron chi connectivity index (χ0n) is 10.8. The summed E-state index contributed by atoms with van der Waals surface area (Å²) in [6.07, 6.45) is -0.756. The molecule has 1 heterocycles. The third-order valence-electron chi connectivity index (χ3n) is 2.67. The maximum Gasteiger partial charge on any atom is 0.371 e. The van der Waals surface area contributed by atoms with E-state index in [4.69, 9.17) is 14.3 Å². The first-order valence-corrected chi connectivity index (χ1v) is 5.82. The van der Waals surface area contributed by atoms with E-state index in [0.717, 1.165) is 18.2 Å². The lowest BCUT2D eigenvalue weighted by Gasteiger charge is -2.12. The Bertz CT molecular complexity index is 696. The number of nitro groups is 1. The zero-order valence-corrected chi connectivity index (χ0v) is 10.8. The van der Waals surface area contributed by atoms with E-state index in [0.29, 0.717) is 0 Å². The second-order valence-corrected chi connectivity index (χ2v) is 4.14. The Morgan fingerprint density at radius 3 is 2.67 bits per heavy atom. The molecule has 21 heavy (non-hydrogen) atoms. The fourth-order valence-corrected chi connectivity index (χ4v) is 1.63. The van der Waals surface area contributed by atoms with Crippen LogP contribution in [0.2, 0.25) is 0 Å². The summed E-state index contributed by atoms with van der Waals surface area (Å²) in [6.45, 7) is 1.53. The van der Waals surface area contributed by atoms with Gasteiger partial charge in [0.1, 0.15) is 5.76 Å². The van der Waals surface area contributed by atoms with Crippen molar-refractivity contribution in [1.29, 1.82) is 0 Å². The molecule has 7 nitrogen and oxygen atoms in total. The molecule has 1 N–H and O–H groups in total. The van der Waals surface area contributed by atoms with E-state index < -0.39 is 28.5 Å². The first-order chi connectivity index (χ1) is 9.88. The normalized spacial score (nSPS) is 11.9. The number of non-ortho nitro benzene ring substituents is 1. The Labute approximate surface area is 117 Å². The predicted octanol–water partition coefficient (Wildman–Crippen LogP) is 3.17. The number of hydrogen-bond acceptors (Lipinski definition) is 5. The smallest absolute Gasteiger partial charge is 0.371 e. The van der Waals surface area contributed by atoms with E-state index in [1.54, 1.807) is 0 Å². The zero-order chi connectivity index (χ0) is 15.6. The lowest BCUT2D eigenvalue weighted by Crippen LogP contribution is -2.04. The fourth-order valence-electron chi connectivity index (χ4n) is 1.63. The topological polar surface area (TPSA) is 103 Å². The van der Waals surface area contributed by atoms with Crippen LogP contribution in [-0.4, -0.2) is 16.0 Å². The molecule has 0 aliphatic rings. The van der Waals surface area contributed by atoms with Gasteiger partial charge in [-0.25, -0.2) is 9.18 Å². The molecule has 2 aromatic rings. The Morgan fingerprint density at radius 2 is 2.14 bits per heavy atom. The van der Waals surface area contributed by atoms with E-state index in [2.05, 4.69) is 0 Å². The third-order valence-corrected chi connectivity index (χ3v) is 2.67.